The van der Waals surface area contributed by atoms with Crippen molar-refractivity contribution in [1.82, 2.24) is 5.32 Å². The Labute approximate surface area is 111 Å². The molecule has 2 nitrogen and oxygen atoms in total. The maximum Gasteiger partial charge on any atom is 0.389 e. The Kier molecular flexibility index (Phi) is 4.47. The van der Waals surface area contributed by atoms with Crippen LogP contribution in [-0.4, -0.2) is 12.7 Å². The molecule has 106 valence electrons. The van der Waals surface area contributed by atoms with E-state index in [0.717, 1.165) is 16.7 Å². The molecule has 1 aromatic carbocycles. The van der Waals surface area contributed by atoms with Gasteiger partial charge in [-0.15, -0.1) is 0 Å². The maximum absolute atomic E-state index is 12.3. The van der Waals surface area contributed by atoms with Crippen LogP contribution in [0.4, 0.5) is 13.2 Å². The normalized spacial score (nSPS) is 16.4. The molecule has 1 aromatic rings. The van der Waals surface area contributed by atoms with Gasteiger partial charge in [0.15, 0.2) is 0 Å². The third kappa shape index (κ3) is 3.94. The molecule has 0 aliphatic carbocycles. The largest absolute Gasteiger partial charge is 0.389 e. The van der Waals surface area contributed by atoms with Crippen molar-refractivity contribution >= 4 is 0 Å². The van der Waals surface area contributed by atoms with Crippen LogP contribution in [0, 0.1) is 0 Å². The molecule has 0 spiro atoms. The molecule has 19 heavy (non-hydrogen) atoms. The predicted octanol–water partition coefficient (Wildman–Crippen LogP) is 3.71. The average Bonchev–Trinajstić information content (AvgIpc) is 2.80. The molecule has 5 heteroatoms. The van der Waals surface area contributed by atoms with Gasteiger partial charge in [-0.2, -0.15) is 13.2 Å². The third-order valence-corrected chi connectivity index (χ3v) is 3.31. The van der Waals surface area contributed by atoms with Gasteiger partial charge >= 0.3 is 6.18 Å². The van der Waals surface area contributed by atoms with Crippen LogP contribution in [0.1, 0.15) is 42.5 Å². The summed E-state index contributed by atoms with van der Waals surface area (Å²) in [4.78, 5) is 0. The molecule has 1 heterocycles. The third-order valence-electron chi connectivity index (χ3n) is 3.31. The van der Waals surface area contributed by atoms with Crippen molar-refractivity contribution in [2.45, 2.75) is 45.2 Å². The van der Waals surface area contributed by atoms with E-state index in [4.69, 9.17) is 4.74 Å². The highest BCUT2D eigenvalue weighted by molar-refractivity contribution is 5.34. The first-order valence-corrected chi connectivity index (χ1v) is 6.49. The molecule has 0 fully saturated rings. The molecule has 0 saturated heterocycles. The summed E-state index contributed by atoms with van der Waals surface area (Å²) in [5.41, 5.74) is 3.14. The van der Waals surface area contributed by atoms with Gasteiger partial charge in [0.2, 0.25) is 0 Å². The van der Waals surface area contributed by atoms with E-state index in [1.54, 1.807) is 0 Å². The smallest absolute Gasteiger partial charge is 0.372 e. The lowest BCUT2D eigenvalue weighted by Gasteiger charge is -2.20. The lowest BCUT2D eigenvalue weighted by molar-refractivity contribution is -0.136. The highest BCUT2D eigenvalue weighted by Gasteiger charge is 2.28. The van der Waals surface area contributed by atoms with Gasteiger partial charge in [0.25, 0.3) is 0 Å². The van der Waals surface area contributed by atoms with Gasteiger partial charge < -0.3 is 10.1 Å². The SMILES string of the molecule is CCNC(CCC(F)(F)F)c1ccc2c(c1)COC2. The number of rotatable bonds is 5. The zero-order valence-corrected chi connectivity index (χ0v) is 10.9. The Balaban J connectivity index is 2.10. The van der Waals surface area contributed by atoms with Crippen LogP contribution in [0.5, 0.6) is 0 Å². The predicted molar refractivity (Wildman–Crippen MR) is 66.6 cm³/mol. The van der Waals surface area contributed by atoms with Crippen LogP contribution >= 0.6 is 0 Å². The molecule has 1 N–H and O–H groups in total. The Morgan fingerprint density at radius 1 is 1.26 bits per heavy atom. The number of ether oxygens (including phenoxy) is 1. The minimum Gasteiger partial charge on any atom is -0.372 e. The van der Waals surface area contributed by atoms with E-state index in [-0.39, 0.29) is 12.5 Å². The molecule has 0 radical (unpaired) electrons. The molecule has 0 amide bonds. The first-order chi connectivity index (χ1) is 8.99. The molecule has 0 aromatic heterocycles. The second kappa shape index (κ2) is 5.92. The summed E-state index contributed by atoms with van der Waals surface area (Å²) in [5, 5.41) is 3.12. The van der Waals surface area contributed by atoms with Crippen molar-refractivity contribution in [3.05, 3.63) is 34.9 Å². The van der Waals surface area contributed by atoms with Crippen LogP contribution in [-0.2, 0) is 18.0 Å². The maximum atomic E-state index is 12.3. The van der Waals surface area contributed by atoms with Crippen molar-refractivity contribution in [2.75, 3.05) is 6.54 Å². The van der Waals surface area contributed by atoms with Crippen LogP contribution in [0.15, 0.2) is 18.2 Å². The van der Waals surface area contributed by atoms with E-state index in [1.165, 1.54) is 0 Å². The van der Waals surface area contributed by atoms with Crippen molar-refractivity contribution in [2.24, 2.45) is 0 Å². The summed E-state index contributed by atoms with van der Waals surface area (Å²) in [6.45, 7) is 3.71. The van der Waals surface area contributed by atoms with Gasteiger partial charge in [-0.25, -0.2) is 0 Å². The Morgan fingerprint density at radius 2 is 2.00 bits per heavy atom. The lowest BCUT2D eigenvalue weighted by atomic mass is 9.98. The number of hydrogen-bond acceptors (Lipinski definition) is 2. The number of hydrogen-bond donors (Lipinski definition) is 1. The minimum absolute atomic E-state index is 0.0665. The summed E-state index contributed by atoms with van der Waals surface area (Å²) in [5.74, 6) is 0. The van der Waals surface area contributed by atoms with Crippen LogP contribution < -0.4 is 5.32 Å². The molecular formula is C14H18F3NO. The van der Waals surface area contributed by atoms with Crippen molar-refractivity contribution in [1.29, 1.82) is 0 Å². The van der Waals surface area contributed by atoms with E-state index in [2.05, 4.69) is 5.32 Å². The van der Waals surface area contributed by atoms with E-state index in [0.29, 0.717) is 19.8 Å². The number of halogens is 3. The van der Waals surface area contributed by atoms with Gasteiger partial charge in [-0.1, -0.05) is 25.1 Å². The number of fused-ring (bicyclic) bond motifs is 1. The number of nitrogens with one attached hydrogen (secondary N) is 1. The second-order valence-corrected chi connectivity index (χ2v) is 4.79. The van der Waals surface area contributed by atoms with E-state index >= 15 is 0 Å². The van der Waals surface area contributed by atoms with Gasteiger partial charge in [-0.3, -0.25) is 0 Å². The second-order valence-electron chi connectivity index (χ2n) is 4.79. The average molecular weight is 273 g/mol. The quantitative estimate of drug-likeness (QED) is 0.883. The number of benzene rings is 1. The van der Waals surface area contributed by atoms with Crippen LogP contribution in [0.25, 0.3) is 0 Å². The van der Waals surface area contributed by atoms with Crippen molar-refractivity contribution in [3.63, 3.8) is 0 Å². The van der Waals surface area contributed by atoms with Crippen LogP contribution in [0.2, 0.25) is 0 Å². The fourth-order valence-electron chi connectivity index (χ4n) is 2.35. The van der Waals surface area contributed by atoms with Crippen molar-refractivity contribution in [3.8, 4) is 0 Å². The lowest BCUT2D eigenvalue weighted by Crippen LogP contribution is -2.23. The zero-order chi connectivity index (χ0) is 13.9. The fourth-order valence-corrected chi connectivity index (χ4v) is 2.35. The summed E-state index contributed by atoms with van der Waals surface area (Å²) in [6, 6.07) is 5.57. The first kappa shape index (κ1) is 14.3. The zero-order valence-electron chi connectivity index (χ0n) is 10.9. The van der Waals surface area contributed by atoms with Crippen molar-refractivity contribution < 1.29 is 17.9 Å². The Bertz CT molecular complexity index is 431. The molecule has 1 aliphatic heterocycles. The minimum atomic E-state index is -4.10. The van der Waals surface area contributed by atoms with E-state index in [9.17, 15) is 13.2 Å². The van der Waals surface area contributed by atoms with Gasteiger partial charge in [0.1, 0.15) is 0 Å². The molecular weight excluding hydrogens is 255 g/mol. The Morgan fingerprint density at radius 3 is 2.68 bits per heavy atom. The highest BCUT2D eigenvalue weighted by Crippen LogP contribution is 2.30. The molecule has 0 bridgehead atoms. The Hall–Kier alpha value is -1.07. The summed E-state index contributed by atoms with van der Waals surface area (Å²) < 4.78 is 42.4. The molecule has 1 atom stereocenters. The van der Waals surface area contributed by atoms with Gasteiger partial charge in [0, 0.05) is 12.5 Å². The van der Waals surface area contributed by atoms with Gasteiger partial charge in [0.05, 0.1) is 13.2 Å². The molecule has 2 rings (SSSR count). The monoisotopic (exact) mass is 273 g/mol. The fraction of sp³-hybridized carbons (Fsp3) is 0.571. The van der Waals surface area contributed by atoms with Crippen LogP contribution in [0.3, 0.4) is 0 Å². The molecule has 0 saturated carbocycles. The summed E-state index contributed by atoms with van der Waals surface area (Å²) in [7, 11) is 0. The summed E-state index contributed by atoms with van der Waals surface area (Å²) in [6.07, 6.45) is -4.80. The van der Waals surface area contributed by atoms with E-state index < -0.39 is 12.6 Å². The molecule has 1 aliphatic rings. The van der Waals surface area contributed by atoms with E-state index in [1.807, 2.05) is 25.1 Å². The summed E-state index contributed by atoms with van der Waals surface area (Å²) >= 11 is 0. The molecule has 1 unspecified atom stereocenters. The standard InChI is InChI=1S/C14H18F3NO/c1-2-18-13(5-6-14(15,16)17)10-3-4-11-8-19-9-12(11)7-10/h3-4,7,13,18H,2,5-6,8-9H2,1H3. The first-order valence-electron chi connectivity index (χ1n) is 6.49. The topological polar surface area (TPSA) is 21.3 Å². The van der Waals surface area contributed by atoms with Gasteiger partial charge in [-0.05, 0) is 29.7 Å². The highest BCUT2D eigenvalue weighted by atomic mass is 19.4. The number of alkyl halides is 3.